The molecule has 1 fully saturated rings. The van der Waals surface area contributed by atoms with Crippen molar-refractivity contribution in [3.8, 4) is 0 Å². The summed E-state index contributed by atoms with van der Waals surface area (Å²) in [6, 6.07) is 6.31. The minimum Gasteiger partial charge on any atom is -0.354 e. The first-order chi connectivity index (χ1) is 8.92. The van der Waals surface area contributed by atoms with Gasteiger partial charge in [0.2, 0.25) is 5.91 Å². The van der Waals surface area contributed by atoms with Gasteiger partial charge in [-0.3, -0.25) is 4.79 Å². The molecule has 1 unspecified atom stereocenters. The number of thioether (sulfide) groups is 1. The second-order valence-corrected chi connectivity index (χ2v) is 5.42. The van der Waals surface area contributed by atoms with Crippen LogP contribution in [0.3, 0.4) is 0 Å². The van der Waals surface area contributed by atoms with Crippen LogP contribution in [0.15, 0.2) is 29.2 Å². The SMILES string of the molecule is O=C1CC(NCc2ccc(SC(F)(F)F)cc2)CN1. The molecule has 1 aliphatic rings. The number of alkyl halides is 3. The van der Waals surface area contributed by atoms with E-state index >= 15 is 0 Å². The van der Waals surface area contributed by atoms with Gasteiger partial charge in [-0.25, -0.2) is 0 Å². The Morgan fingerprint density at radius 2 is 2.00 bits per heavy atom. The predicted octanol–water partition coefficient (Wildman–Crippen LogP) is 2.28. The van der Waals surface area contributed by atoms with Crippen molar-refractivity contribution in [2.75, 3.05) is 6.54 Å². The Morgan fingerprint density at radius 3 is 2.53 bits per heavy atom. The Labute approximate surface area is 112 Å². The molecule has 19 heavy (non-hydrogen) atoms. The maximum atomic E-state index is 12.1. The van der Waals surface area contributed by atoms with Crippen LogP contribution in [-0.2, 0) is 11.3 Å². The minimum absolute atomic E-state index is 0.0226. The molecule has 2 rings (SSSR count). The molecule has 0 aliphatic carbocycles. The topological polar surface area (TPSA) is 41.1 Å². The summed E-state index contributed by atoms with van der Waals surface area (Å²) in [5.41, 5.74) is -3.36. The van der Waals surface area contributed by atoms with Crippen molar-refractivity contribution in [1.82, 2.24) is 10.6 Å². The maximum Gasteiger partial charge on any atom is 0.446 e. The molecule has 104 valence electrons. The molecule has 1 amide bonds. The van der Waals surface area contributed by atoms with Gasteiger partial charge in [0.1, 0.15) is 0 Å². The Morgan fingerprint density at radius 1 is 1.32 bits per heavy atom. The summed E-state index contributed by atoms with van der Waals surface area (Å²) in [5, 5.41) is 5.89. The summed E-state index contributed by atoms with van der Waals surface area (Å²) in [6.45, 7) is 1.14. The third-order valence-corrected chi connectivity index (χ3v) is 3.47. The van der Waals surface area contributed by atoms with Crippen LogP contribution in [0.4, 0.5) is 13.2 Å². The third-order valence-electron chi connectivity index (χ3n) is 2.73. The molecule has 0 radical (unpaired) electrons. The van der Waals surface area contributed by atoms with Crippen molar-refractivity contribution in [3.63, 3.8) is 0 Å². The number of rotatable bonds is 4. The van der Waals surface area contributed by atoms with Crippen molar-refractivity contribution in [1.29, 1.82) is 0 Å². The molecule has 7 heteroatoms. The Hall–Kier alpha value is -1.21. The van der Waals surface area contributed by atoms with E-state index in [4.69, 9.17) is 0 Å². The van der Waals surface area contributed by atoms with Gasteiger partial charge in [0, 0.05) is 30.4 Å². The van der Waals surface area contributed by atoms with Crippen LogP contribution in [0.5, 0.6) is 0 Å². The predicted molar refractivity (Wildman–Crippen MR) is 66.6 cm³/mol. The standard InChI is InChI=1S/C12H13F3N2OS/c13-12(14,15)19-10-3-1-8(2-4-10)6-16-9-5-11(18)17-7-9/h1-4,9,16H,5-7H2,(H,17,18). The first-order valence-corrected chi connectivity index (χ1v) is 6.59. The average Bonchev–Trinajstić information content (AvgIpc) is 2.72. The molecule has 1 saturated heterocycles. The summed E-state index contributed by atoms with van der Waals surface area (Å²) in [7, 11) is 0. The fourth-order valence-electron chi connectivity index (χ4n) is 1.82. The molecular formula is C12H13F3N2OS. The first-order valence-electron chi connectivity index (χ1n) is 5.77. The zero-order valence-corrected chi connectivity index (χ0v) is 10.8. The molecule has 1 aromatic carbocycles. The van der Waals surface area contributed by atoms with Crippen LogP contribution in [0.1, 0.15) is 12.0 Å². The van der Waals surface area contributed by atoms with E-state index in [1.54, 1.807) is 12.1 Å². The molecular weight excluding hydrogens is 277 g/mol. The summed E-state index contributed by atoms with van der Waals surface area (Å²) in [4.78, 5) is 11.2. The normalized spacial score (nSPS) is 19.5. The zero-order chi connectivity index (χ0) is 13.9. The number of hydrogen-bond donors (Lipinski definition) is 2. The number of nitrogens with one attached hydrogen (secondary N) is 2. The third kappa shape index (κ3) is 4.76. The average molecular weight is 290 g/mol. The molecule has 3 nitrogen and oxygen atoms in total. The van der Waals surface area contributed by atoms with Crippen LogP contribution in [0.25, 0.3) is 0 Å². The van der Waals surface area contributed by atoms with Gasteiger partial charge in [-0.05, 0) is 29.5 Å². The van der Waals surface area contributed by atoms with Crippen LogP contribution in [0.2, 0.25) is 0 Å². The number of halogens is 3. The smallest absolute Gasteiger partial charge is 0.354 e. The number of benzene rings is 1. The second kappa shape index (κ2) is 5.83. The van der Waals surface area contributed by atoms with Crippen LogP contribution < -0.4 is 10.6 Å². The van der Waals surface area contributed by atoms with Gasteiger partial charge in [0.15, 0.2) is 0 Å². The van der Waals surface area contributed by atoms with E-state index in [0.717, 1.165) is 5.56 Å². The molecule has 1 aromatic rings. The van der Waals surface area contributed by atoms with Crippen molar-refractivity contribution in [2.45, 2.75) is 29.4 Å². The summed E-state index contributed by atoms with van der Waals surface area (Å²) in [5.74, 6) is 0.0226. The fraction of sp³-hybridized carbons (Fsp3) is 0.417. The van der Waals surface area contributed by atoms with E-state index in [2.05, 4.69) is 10.6 Å². The second-order valence-electron chi connectivity index (χ2n) is 4.28. The van der Waals surface area contributed by atoms with Crippen molar-refractivity contribution in [3.05, 3.63) is 29.8 Å². The molecule has 0 spiro atoms. The fourth-order valence-corrected chi connectivity index (χ4v) is 2.36. The Kier molecular flexibility index (Phi) is 4.36. The minimum atomic E-state index is -4.25. The highest BCUT2D eigenvalue weighted by Gasteiger charge is 2.29. The first kappa shape index (κ1) is 14.2. The van der Waals surface area contributed by atoms with Crippen LogP contribution >= 0.6 is 11.8 Å². The van der Waals surface area contributed by atoms with E-state index in [9.17, 15) is 18.0 Å². The lowest BCUT2D eigenvalue weighted by atomic mass is 10.2. The highest BCUT2D eigenvalue weighted by molar-refractivity contribution is 8.00. The largest absolute Gasteiger partial charge is 0.446 e. The zero-order valence-electron chi connectivity index (χ0n) is 9.96. The number of hydrogen-bond acceptors (Lipinski definition) is 3. The lowest BCUT2D eigenvalue weighted by Crippen LogP contribution is -2.30. The molecule has 0 bridgehead atoms. The van der Waals surface area contributed by atoms with E-state index < -0.39 is 5.51 Å². The van der Waals surface area contributed by atoms with E-state index in [-0.39, 0.29) is 28.6 Å². The number of carbonyl (C=O) groups excluding carboxylic acids is 1. The lowest BCUT2D eigenvalue weighted by Gasteiger charge is -2.11. The molecule has 1 heterocycles. The molecule has 0 aromatic heterocycles. The Bertz CT molecular complexity index is 447. The maximum absolute atomic E-state index is 12.1. The van der Waals surface area contributed by atoms with Crippen molar-refractivity contribution in [2.24, 2.45) is 0 Å². The van der Waals surface area contributed by atoms with E-state index in [1.165, 1.54) is 12.1 Å². The van der Waals surface area contributed by atoms with Crippen molar-refractivity contribution < 1.29 is 18.0 Å². The molecule has 1 atom stereocenters. The molecule has 1 aliphatic heterocycles. The number of amides is 1. The number of carbonyl (C=O) groups is 1. The summed E-state index contributed by atoms with van der Waals surface area (Å²) < 4.78 is 36.4. The van der Waals surface area contributed by atoms with Crippen molar-refractivity contribution >= 4 is 17.7 Å². The van der Waals surface area contributed by atoms with Gasteiger partial charge >= 0.3 is 5.51 Å². The molecule has 0 saturated carbocycles. The van der Waals surface area contributed by atoms with Gasteiger partial charge < -0.3 is 10.6 Å². The van der Waals surface area contributed by atoms with Gasteiger partial charge in [-0.2, -0.15) is 13.2 Å². The van der Waals surface area contributed by atoms with Gasteiger partial charge in [0.25, 0.3) is 0 Å². The van der Waals surface area contributed by atoms with Gasteiger partial charge in [-0.1, -0.05) is 12.1 Å². The lowest BCUT2D eigenvalue weighted by molar-refractivity contribution is -0.119. The van der Waals surface area contributed by atoms with E-state index in [0.29, 0.717) is 19.5 Å². The molecule has 2 N–H and O–H groups in total. The summed E-state index contributed by atoms with van der Waals surface area (Å²) in [6.07, 6.45) is 0.446. The monoisotopic (exact) mass is 290 g/mol. The Balaban J connectivity index is 1.83. The quantitative estimate of drug-likeness (QED) is 0.836. The van der Waals surface area contributed by atoms with E-state index in [1.807, 2.05) is 0 Å². The van der Waals surface area contributed by atoms with Crippen LogP contribution in [-0.4, -0.2) is 24.0 Å². The highest BCUT2D eigenvalue weighted by atomic mass is 32.2. The van der Waals surface area contributed by atoms with Crippen LogP contribution in [0, 0.1) is 0 Å². The summed E-state index contributed by atoms with van der Waals surface area (Å²) >= 11 is -0.122. The van der Waals surface area contributed by atoms with Gasteiger partial charge in [0.05, 0.1) is 0 Å². The highest BCUT2D eigenvalue weighted by Crippen LogP contribution is 2.36. The van der Waals surface area contributed by atoms with Gasteiger partial charge in [-0.15, -0.1) is 0 Å².